The number of likely N-dealkylation sites (tertiary alicyclic amines) is 1. The van der Waals surface area contributed by atoms with Crippen LogP contribution >= 0.6 is 23.2 Å². The molecule has 0 amide bonds. The second-order valence-corrected chi connectivity index (χ2v) is 12.1. The molecule has 1 fully saturated rings. The molecule has 0 saturated carbocycles. The molecule has 4 aromatic rings. The van der Waals surface area contributed by atoms with Crippen LogP contribution in [0.1, 0.15) is 29.7 Å². The van der Waals surface area contributed by atoms with E-state index in [9.17, 15) is 8.42 Å². The van der Waals surface area contributed by atoms with Gasteiger partial charge in [-0.15, -0.1) is 0 Å². The van der Waals surface area contributed by atoms with Crippen molar-refractivity contribution in [2.45, 2.75) is 31.5 Å². The molecule has 2 atom stereocenters. The summed E-state index contributed by atoms with van der Waals surface area (Å²) in [5.41, 5.74) is 3.25. The summed E-state index contributed by atoms with van der Waals surface area (Å²) in [5, 5.41) is 3.59. The molecule has 1 N–H and O–H groups in total. The summed E-state index contributed by atoms with van der Waals surface area (Å²) in [4.78, 5) is 2.31. The Hall–Kier alpha value is -2.41. The van der Waals surface area contributed by atoms with Crippen LogP contribution in [-0.2, 0) is 16.4 Å². The third-order valence-corrected chi connectivity index (χ3v) is 8.97. The highest BCUT2D eigenvalue weighted by Gasteiger charge is 2.42. The standard InChI is InChI=1S/C29H28Cl2N2O2S/c1-20-28(32-36(34,35)18-17-22-7-4-6-21-5-2-3-8-27(21)22)19-33(20)29(23-9-13-25(30)14-10-23)24-11-15-26(31)16-12-24/h2-16,20,28-29,32H,17-19H2,1H3/t20-,28+/m0/s1. The van der Waals surface area contributed by atoms with E-state index in [1.165, 1.54) is 0 Å². The molecule has 0 aliphatic carbocycles. The smallest absolute Gasteiger partial charge is 0.212 e. The first kappa shape index (κ1) is 25.2. The highest BCUT2D eigenvalue weighted by molar-refractivity contribution is 7.89. The lowest BCUT2D eigenvalue weighted by molar-refractivity contribution is 0.0370. The number of benzene rings is 4. The van der Waals surface area contributed by atoms with Crippen LogP contribution in [0.2, 0.25) is 10.0 Å². The fourth-order valence-electron chi connectivity index (χ4n) is 5.03. The summed E-state index contributed by atoms with van der Waals surface area (Å²) >= 11 is 12.3. The Bertz CT molecular complexity index is 1410. The van der Waals surface area contributed by atoms with Crippen LogP contribution in [-0.4, -0.2) is 37.7 Å². The number of sulfonamides is 1. The molecule has 36 heavy (non-hydrogen) atoms. The predicted molar refractivity (Wildman–Crippen MR) is 149 cm³/mol. The number of nitrogens with zero attached hydrogens (tertiary/aromatic N) is 1. The average molecular weight is 540 g/mol. The van der Waals surface area contributed by atoms with Crippen LogP contribution in [0.3, 0.4) is 0 Å². The Morgan fingerprint density at radius 2 is 1.44 bits per heavy atom. The van der Waals surface area contributed by atoms with Crippen LogP contribution in [0.5, 0.6) is 0 Å². The van der Waals surface area contributed by atoms with Gasteiger partial charge in [0.05, 0.1) is 11.8 Å². The normalized spacial score (nSPS) is 18.4. The molecule has 1 heterocycles. The van der Waals surface area contributed by atoms with Gasteiger partial charge in [-0.3, -0.25) is 4.90 Å². The summed E-state index contributed by atoms with van der Waals surface area (Å²) in [6.07, 6.45) is 0.472. The molecule has 0 bridgehead atoms. The predicted octanol–water partition coefficient (Wildman–Crippen LogP) is 6.47. The van der Waals surface area contributed by atoms with Crippen molar-refractivity contribution in [3.05, 3.63) is 118 Å². The number of hydrogen-bond donors (Lipinski definition) is 1. The fourth-order valence-corrected chi connectivity index (χ4v) is 6.62. The SMILES string of the molecule is C[C@H]1[C@H](NS(=O)(=O)CCc2cccc3ccccc23)CN1C(c1ccc(Cl)cc1)c1ccc(Cl)cc1. The van der Waals surface area contributed by atoms with E-state index in [4.69, 9.17) is 23.2 Å². The van der Waals surface area contributed by atoms with Crippen molar-refractivity contribution in [1.82, 2.24) is 9.62 Å². The van der Waals surface area contributed by atoms with Gasteiger partial charge in [-0.25, -0.2) is 13.1 Å². The van der Waals surface area contributed by atoms with Gasteiger partial charge < -0.3 is 0 Å². The van der Waals surface area contributed by atoms with E-state index in [0.717, 1.165) is 27.5 Å². The first-order valence-electron chi connectivity index (χ1n) is 12.0. The van der Waals surface area contributed by atoms with Crippen molar-refractivity contribution in [1.29, 1.82) is 0 Å². The van der Waals surface area contributed by atoms with Crippen molar-refractivity contribution in [3.63, 3.8) is 0 Å². The maximum Gasteiger partial charge on any atom is 0.212 e. The molecule has 0 spiro atoms. The molecule has 4 aromatic carbocycles. The topological polar surface area (TPSA) is 49.4 Å². The maximum absolute atomic E-state index is 13.0. The summed E-state index contributed by atoms with van der Waals surface area (Å²) in [6.45, 7) is 2.69. The van der Waals surface area contributed by atoms with Gasteiger partial charge in [-0.2, -0.15) is 0 Å². The van der Waals surface area contributed by atoms with Gasteiger partial charge in [0.1, 0.15) is 0 Å². The van der Waals surface area contributed by atoms with Crippen LogP contribution in [0, 0.1) is 0 Å². The molecule has 7 heteroatoms. The minimum absolute atomic E-state index is 0.0219. The molecular formula is C29H28Cl2N2O2S. The molecular weight excluding hydrogens is 511 g/mol. The van der Waals surface area contributed by atoms with Crippen molar-refractivity contribution in [2.24, 2.45) is 0 Å². The third-order valence-electron chi connectivity index (χ3n) is 7.07. The third kappa shape index (κ3) is 5.46. The summed E-state index contributed by atoms with van der Waals surface area (Å²) in [5.74, 6) is 0.0576. The Kier molecular flexibility index (Phi) is 7.38. The number of hydrogen-bond acceptors (Lipinski definition) is 3. The van der Waals surface area contributed by atoms with E-state index in [0.29, 0.717) is 23.0 Å². The second kappa shape index (κ2) is 10.5. The zero-order valence-electron chi connectivity index (χ0n) is 19.9. The summed E-state index contributed by atoms with van der Waals surface area (Å²) < 4.78 is 29.0. The zero-order valence-corrected chi connectivity index (χ0v) is 22.3. The lowest BCUT2D eigenvalue weighted by atomic mass is 9.89. The van der Waals surface area contributed by atoms with Gasteiger partial charge >= 0.3 is 0 Å². The van der Waals surface area contributed by atoms with Gasteiger partial charge in [-0.05, 0) is 65.1 Å². The average Bonchev–Trinajstić information content (AvgIpc) is 2.88. The highest BCUT2D eigenvalue weighted by atomic mass is 35.5. The molecule has 4 nitrogen and oxygen atoms in total. The van der Waals surface area contributed by atoms with Gasteiger partial charge in [0, 0.05) is 28.7 Å². The van der Waals surface area contributed by atoms with Crippen LogP contribution < -0.4 is 4.72 Å². The van der Waals surface area contributed by atoms with E-state index < -0.39 is 10.0 Å². The number of halogens is 2. The van der Waals surface area contributed by atoms with Gasteiger partial charge in [0.25, 0.3) is 0 Å². The monoisotopic (exact) mass is 538 g/mol. The van der Waals surface area contributed by atoms with Crippen LogP contribution in [0.15, 0.2) is 91.0 Å². The van der Waals surface area contributed by atoms with E-state index in [2.05, 4.69) is 16.5 Å². The Morgan fingerprint density at radius 3 is 2.06 bits per heavy atom. The van der Waals surface area contributed by atoms with Gasteiger partial charge in [0.15, 0.2) is 0 Å². The summed E-state index contributed by atoms with van der Waals surface area (Å²) in [6, 6.07) is 29.6. The van der Waals surface area contributed by atoms with Crippen molar-refractivity contribution < 1.29 is 8.42 Å². The second-order valence-electron chi connectivity index (χ2n) is 9.37. The van der Waals surface area contributed by atoms with Gasteiger partial charge in [0.2, 0.25) is 10.0 Å². The van der Waals surface area contributed by atoms with E-state index in [1.54, 1.807) is 0 Å². The van der Waals surface area contributed by atoms with Crippen LogP contribution in [0.4, 0.5) is 0 Å². The van der Waals surface area contributed by atoms with E-state index in [1.807, 2.05) is 91.0 Å². The minimum atomic E-state index is -3.44. The first-order chi connectivity index (χ1) is 17.3. The van der Waals surface area contributed by atoms with Crippen molar-refractivity contribution in [3.8, 4) is 0 Å². The molecule has 5 rings (SSSR count). The largest absolute Gasteiger partial charge is 0.286 e. The molecule has 0 aromatic heterocycles. The summed E-state index contributed by atoms with van der Waals surface area (Å²) in [7, 11) is -3.44. The van der Waals surface area contributed by atoms with Crippen LogP contribution in [0.25, 0.3) is 10.8 Å². The number of rotatable bonds is 8. The maximum atomic E-state index is 13.0. The lowest BCUT2D eigenvalue weighted by Gasteiger charge is -2.50. The fraction of sp³-hybridized carbons (Fsp3) is 0.241. The molecule has 0 unspecified atom stereocenters. The number of fused-ring (bicyclic) bond motifs is 1. The lowest BCUT2D eigenvalue weighted by Crippen LogP contribution is -2.66. The van der Waals surface area contributed by atoms with Crippen molar-refractivity contribution in [2.75, 3.05) is 12.3 Å². The van der Waals surface area contributed by atoms with Gasteiger partial charge in [-0.1, -0.05) is 89.9 Å². The molecule has 1 aliphatic rings. The quantitative estimate of drug-likeness (QED) is 0.279. The van der Waals surface area contributed by atoms with E-state index >= 15 is 0 Å². The Balaban J connectivity index is 1.29. The van der Waals surface area contributed by atoms with Crippen molar-refractivity contribution >= 4 is 44.0 Å². The Labute approximate surface area is 222 Å². The molecule has 1 saturated heterocycles. The first-order valence-corrected chi connectivity index (χ1v) is 14.4. The zero-order chi connectivity index (χ0) is 25.3. The van der Waals surface area contributed by atoms with E-state index in [-0.39, 0.29) is 23.9 Å². The highest BCUT2D eigenvalue weighted by Crippen LogP contribution is 2.37. The Morgan fingerprint density at radius 1 is 0.861 bits per heavy atom. The number of aryl methyl sites for hydroxylation is 1. The minimum Gasteiger partial charge on any atom is -0.286 e. The molecule has 1 aliphatic heterocycles. The molecule has 0 radical (unpaired) electrons. The number of nitrogens with one attached hydrogen (secondary N) is 1. The molecule has 186 valence electrons.